The zero-order valence-electron chi connectivity index (χ0n) is 11.7. The third-order valence-electron chi connectivity index (χ3n) is 3.44. The minimum absolute atomic E-state index is 0.0792. The van der Waals surface area contributed by atoms with Crippen LogP contribution in [0.2, 0.25) is 0 Å². The van der Waals surface area contributed by atoms with E-state index in [0.29, 0.717) is 13.1 Å². The molecule has 112 valence electrons. The molecule has 1 amide bonds. The molecule has 0 spiro atoms. The summed E-state index contributed by atoms with van der Waals surface area (Å²) in [5.74, 6) is 0.0792. The van der Waals surface area contributed by atoms with Crippen LogP contribution in [0.25, 0.3) is 0 Å². The van der Waals surface area contributed by atoms with Gasteiger partial charge in [-0.3, -0.25) is 4.79 Å². The number of piperidine rings is 1. The Hall–Kier alpha value is -0.430. The van der Waals surface area contributed by atoms with E-state index in [9.17, 15) is 4.79 Å². The van der Waals surface area contributed by atoms with Gasteiger partial charge in [0.2, 0.25) is 5.91 Å². The highest BCUT2D eigenvalue weighted by molar-refractivity contribution is 9.11. The normalized spacial score (nSPS) is 16.3. The first-order chi connectivity index (χ1) is 9.69. The van der Waals surface area contributed by atoms with Gasteiger partial charge in [-0.05, 0) is 60.9 Å². The summed E-state index contributed by atoms with van der Waals surface area (Å²) >= 11 is 5.12. The van der Waals surface area contributed by atoms with E-state index in [-0.39, 0.29) is 18.6 Å². The zero-order valence-corrected chi connectivity index (χ0v) is 14.1. The molecule has 4 nitrogen and oxygen atoms in total. The number of hydrogen-bond acceptors (Lipinski definition) is 4. The lowest BCUT2D eigenvalue weighted by molar-refractivity contribution is -0.139. The number of halogens is 1. The maximum atomic E-state index is 12.2. The SMILES string of the molecule is CCN(Cc1ccc(Br)s1)C(=O)COC1CCNCC1. The molecular weight excluding hydrogens is 340 g/mol. The van der Waals surface area contributed by atoms with Crippen molar-refractivity contribution in [3.8, 4) is 0 Å². The number of ether oxygens (including phenoxy) is 1. The van der Waals surface area contributed by atoms with E-state index in [2.05, 4.69) is 27.3 Å². The number of hydrogen-bond donors (Lipinski definition) is 1. The van der Waals surface area contributed by atoms with Crippen molar-refractivity contribution >= 4 is 33.2 Å². The molecule has 0 aliphatic carbocycles. The lowest BCUT2D eigenvalue weighted by Gasteiger charge is -2.25. The molecular formula is C14H21BrN2O2S. The van der Waals surface area contributed by atoms with Crippen molar-refractivity contribution in [3.05, 3.63) is 20.8 Å². The molecule has 0 bridgehead atoms. The Bertz CT molecular complexity index is 433. The largest absolute Gasteiger partial charge is 0.368 e. The molecule has 20 heavy (non-hydrogen) atoms. The first-order valence-electron chi connectivity index (χ1n) is 7.03. The van der Waals surface area contributed by atoms with Gasteiger partial charge in [-0.25, -0.2) is 0 Å². The lowest BCUT2D eigenvalue weighted by Crippen LogP contribution is -2.37. The number of amides is 1. The second-order valence-corrected chi connectivity index (χ2v) is 7.42. The van der Waals surface area contributed by atoms with E-state index in [1.165, 1.54) is 4.88 Å². The van der Waals surface area contributed by atoms with Gasteiger partial charge in [0.25, 0.3) is 0 Å². The van der Waals surface area contributed by atoms with E-state index >= 15 is 0 Å². The van der Waals surface area contributed by atoms with Gasteiger partial charge in [0.1, 0.15) is 6.61 Å². The molecule has 1 aromatic rings. The molecule has 0 aromatic carbocycles. The predicted molar refractivity (Wildman–Crippen MR) is 85.0 cm³/mol. The zero-order chi connectivity index (χ0) is 14.4. The minimum atomic E-state index is 0.0792. The minimum Gasteiger partial charge on any atom is -0.368 e. The fourth-order valence-corrected chi connectivity index (χ4v) is 3.74. The van der Waals surface area contributed by atoms with Crippen LogP contribution in [-0.2, 0) is 16.1 Å². The lowest BCUT2D eigenvalue weighted by atomic mass is 10.1. The standard InChI is InChI=1S/C14H21BrN2O2S/c1-2-17(9-12-3-4-13(15)20-12)14(18)10-19-11-5-7-16-8-6-11/h3-4,11,16H,2,5-10H2,1H3. The van der Waals surface area contributed by atoms with Crippen LogP contribution in [0.5, 0.6) is 0 Å². The summed E-state index contributed by atoms with van der Waals surface area (Å²) in [6, 6.07) is 4.07. The van der Waals surface area contributed by atoms with Crippen molar-refractivity contribution in [2.75, 3.05) is 26.2 Å². The van der Waals surface area contributed by atoms with Crippen LogP contribution < -0.4 is 5.32 Å². The number of carbonyl (C=O) groups excluding carboxylic acids is 1. The van der Waals surface area contributed by atoms with Crippen LogP contribution in [-0.4, -0.2) is 43.2 Å². The second kappa shape index (κ2) is 8.12. The molecule has 0 saturated carbocycles. The summed E-state index contributed by atoms with van der Waals surface area (Å²) in [5.41, 5.74) is 0. The van der Waals surface area contributed by atoms with Crippen LogP contribution in [0.3, 0.4) is 0 Å². The van der Waals surface area contributed by atoms with Crippen molar-refractivity contribution in [2.24, 2.45) is 0 Å². The Labute approximate surface area is 132 Å². The van der Waals surface area contributed by atoms with E-state index in [0.717, 1.165) is 29.7 Å². The van der Waals surface area contributed by atoms with E-state index < -0.39 is 0 Å². The van der Waals surface area contributed by atoms with Crippen LogP contribution >= 0.6 is 27.3 Å². The average Bonchev–Trinajstić information content (AvgIpc) is 2.88. The summed E-state index contributed by atoms with van der Waals surface area (Å²) < 4.78 is 6.83. The Kier molecular flexibility index (Phi) is 6.48. The molecule has 2 rings (SSSR count). The number of likely N-dealkylation sites (N-methyl/N-ethyl adjacent to an activating group) is 1. The van der Waals surface area contributed by atoms with Crippen LogP contribution in [0.4, 0.5) is 0 Å². The maximum absolute atomic E-state index is 12.2. The molecule has 0 atom stereocenters. The summed E-state index contributed by atoms with van der Waals surface area (Å²) in [7, 11) is 0. The first kappa shape index (κ1) is 15.9. The van der Waals surface area contributed by atoms with E-state index in [4.69, 9.17) is 4.74 Å². The smallest absolute Gasteiger partial charge is 0.248 e. The van der Waals surface area contributed by atoms with Crippen LogP contribution in [0.15, 0.2) is 15.9 Å². The van der Waals surface area contributed by atoms with Crippen molar-refractivity contribution in [3.63, 3.8) is 0 Å². The fourth-order valence-electron chi connectivity index (χ4n) is 2.24. The number of carbonyl (C=O) groups is 1. The van der Waals surface area contributed by atoms with Crippen LogP contribution in [0, 0.1) is 0 Å². The summed E-state index contributed by atoms with van der Waals surface area (Å²) in [6.45, 7) is 5.56. The Morgan fingerprint density at radius 3 is 2.85 bits per heavy atom. The highest BCUT2D eigenvalue weighted by Crippen LogP contribution is 2.23. The molecule has 1 N–H and O–H groups in total. The van der Waals surface area contributed by atoms with Gasteiger partial charge in [-0.2, -0.15) is 0 Å². The maximum Gasteiger partial charge on any atom is 0.248 e. The summed E-state index contributed by atoms with van der Waals surface area (Å²) in [4.78, 5) is 15.2. The molecule has 0 radical (unpaired) electrons. The highest BCUT2D eigenvalue weighted by atomic mass is 79.9. The molecule has 1 aliphatic heterocycles. The van der Waals surface area contributed by atoms with Crippen molar-refractivity contribution in [1.82, 2.24) is 10.2 Å². The predicted octanol–water partition coefficient (Wildman–Crippen LogP) is 2.63. The second-order valence-electron chi connectivity index (χ2n) is 4.87. The Balaban J connectivity index is 1.79. The molecule has 6 heteroatoms. The monoisotopic (exact) mass is 360 g/mol. The molecule has 2 heterocycles. The third-order valence-corrected chi connectivity index (χ3v) is 5.05. The first-order valence-corrected chi connectivity index (χ1v) is 8.64. The van der Waals surface area contributed by atoms with Gasteiger partial charge in [0.05, 0.1) is 16.4 Å². The Morgan fingerprint density at radius 1 is 1.50 bits per heavy atom. The molecule has 1 aliphatic rings. The topological polar surface area (TPSA) is 41.6 Å². The van der Waals surface area contributed by atoms with Crippen LogP contribution in [0.1, 0.15) is 24.6 Å². The summed E-state index contributed by atoms with van der Waals surface area (Å²) in [5, 5.41) is 3.29. The van der Waals surface area contributed by atoms with E-state index in [1.807, 2.05) is 17.9 Å². The van der Waals surface area contributed by atoms with Gasteiger partial charge < -0.3 is 15.0 Å². The van der Waals surface area contributed by atoms with Gasteiger partial charge in [-0.1, -0.05) is 0 Å². The summed E-state index contributed by atoms with van der Waals surface area (Å²) in [6.07, 6.45) is 2.23. The van der Waals surface area contributed by atoms with Gasteiger partial charge >= 0.3 is 0 Å². The van der Waals surface area contributed by atoms with Gasteiger partial charge in [0, 0.05) is 11.4 Å². The quantitative estimate of drug-likeness (QED) is 0.847. The number of rotatable bonds is 6. The number of thiophene rings is 1. The highest BCUT2D eigenvalue weighted by Gasteiger charge is 2.18. The fraction of sp³-hybridized carbons (Fsp3) is 0.643. The molecule has 1 aromatic heterocycles. The Morgan fingerprint density at radius 2 is 2.25 bits per heavy atom. The van der Waals surface area contributed by atoms with Gasteiger partial charge in [0.15, 0.2) is 0 Å². The molecule has 1 fully saturated rings. The molecule has 1 saturated heterocycles. The van der Waals surface area contributed by atoms with Crippen molar-refractivity contribution in [2.45, 2.75) is 32.4 Å². The average molecular weight is 361 g/mol. The third kappa shape index (κ3) is 4.84. The van der Waals surface area contributed by atoms with Crippen molar-refractivity contribution < 1.29 is 9.53 Å². The number of nitrogens with one attached hydrogen (secondary N) is 1. The number of nitrogens with zero attached hydrogens (tertiary/aromatic N) is 1. The van der Waals surface area contributed by atoms with Crippen molar-refractivity contribution in [1.29, 1.82) is 0 Å². The molecule has 0 unspecified atom stereocenters. The van der Waals surface area contributed by atoms with E-state index in [1.54, 1.807) is 11.3 Å². The van der Waals surface area contributed by atoms with Gasteiger partial charge in [-0.15, -0.1) is 11.3 Å².